The molecule has 0 radical (unpaired) electrons. The molecule has 0 saturated carbocycles. The van der Waals surface area contributed by atoms with Gasteiger partial charge in [0.15, 0.2) is 0 Å². The van der Waals surface area contributed by atoms with Crippen molar-refractivity contribution in [2.24, 2.45) is 0 Å². The maximum atomic E-state index is 10.4. The Bertz CT molecular complexity index is 310. The number of ether oxygens (including phenoxy) is 2. The summed E-state index contributed by atoms with van der Waals surface area (Å²) in [7, 11) is 0. The Hall–Kier alpha value is -1.43. The van der Waals surface area contributed by atoms with Crippen molar-refractivity contribution in [3.05, 3.63) is 0 Å². The van der Waals surface area contributed by atoms with E-state index in [1.54, 1.807) is 0 Å². The quantitative estimate of drug-likeness (QED) is 0.371. The van der Waals surface area contributed by atoms with Crippen LogP contribution in [-0.2, 0) is 19.1 Å². The number of hydrogen-bond acceptors (Lipinski definition) is 6. The molecule has 1 N–H and O–H groups in total. The van der Waals surface area contributed by atoms with Crippen LogP contribution in [-0.4, -0.2) is 29.8 Å². The van der Waals surface area contributed by atoms with Crippen LogP contribution < -0.4 is 0 Å². The third-order valence-corrected chi connectivity index (χ3v) is 3.44. The first-order valence-corrected chi connectivity index (χ1v) is 8.66. The molecule has 0 unspecified atom stereocenters. The highest BCUT2D eigenvalue weighted by Crippen LogP contribution is 2.10. The number of carbonyl (C=O) groups is 3. The SMILES string of the molecule is CCCCCCCCCCCCO.O=C1CCC(=O)OC(=O)O1. The van der Waals surface area contributed by atoms with Gasteiger partial charge >= 0.3 is 18.1 Å². The molecule has 0 spiro atoms. The smallest absolute Gasteiger partial charge is 0.396 e. The molecule has 0 aliphatic carbocycles. The Morgan fingerprint density at radius 1 is 0.739 bits per heavy atom. The lowest BCUT2D eigenvalue weighted by Crippen LogP contribution is -2.10. The summed E-state index contributed by atoms with van der Waals surface area (Å²) < 4.78 is 7.92. The van der Waals surface area contributed by atoms with Crippen LogP contribution in [0, 0.1) is 0 Å². The fourth-order valence-corrected chi connectivity index (χ4v) is 2.11. The molecule has 1 saturated heterocycles. The molecule has 134 valence electrons. The van der Waals surface area contributed by atoms with Crippen molar-refractivity contribution in [1.29, 1.82) is 0 Å². The van der Waals surface area contributed by atoms with Gasteiger partial charge in [-0.1, -0.05) is 64.7 Å². The number of rotatable bonds is 10. The molecule has 6 heteroatoms. The largest absolute Gasteiger partial charge is 0.524 e. The van der Waals surface area contributed by atoms with Crippen LogP contribution >= 0.6 is 0 Å². The maximum Gasteiger partial charge on any atom is 0.524 e. The summed E-state index contributed by atoms with van der Waals surface area (Å²) in [5.74, 6) is -1.45. The fraction of sp³-hybridized carbons (Fsp3) is 0.824. The van der Waals surface area contributed by atoms with E-state index in [0.717, 1.165) is 6.42 Å². The van der Waals surface area contributed by atoms with Crippen molar-refractivity contribution in [2.75, 3.05) is 6.61 Å². The molecule has 23 heavy (non-hydrogen) atoms. The molecule has 1 rings (SSSR count). The highest BCUT2D eigenvalue weighted by molar-refractivity contribution is 5.92. The summed E-state index contributed by atoms with van der Waals surface area (Å²) >= 11 is 0. The number of unbranched alkanes of at least 4 members (excludes halogenated alkanes) is 9. The van der Waals surface area contributed by atoms with Crippen LogP contribution in [0.15, 0.2) is 0 Å². The summed E-state index contributed by atoms with van der Waals surface area (Å²) in [6.07, 6.45) is 11.9. The van der Waals surface area contributed by atoms with E-state index in [1.807, 2.05) is 0 Å². The molecule has 0 aromatic carbocycles. The molecule has 0 bridgehead atoms. The topological polar surface area (TPSA) is 89.9 Å². The van der Waals surface area contributed by atoms with Crippen LogP contribution in [0.1, 0.15) is 84.0 Å². The molecular weight excluding hydrogens is 300 g/mol. The number of aliphatic hydroxyl groups is 1. The summed E-state index contributed by atoms with van der Waals surface area (Å²) in [5.41, 5.74) is 0. The first-order valence-electron chi connectivity index (χ1n) is 8.66. The second kappa shape index (κ2) is 15.5. The lowest BCUT2D eigenvalue weighted by molar-refractivity contribution is -0.139. The van der Waals surface area contributed by atoms with Gasteiger partial charge in [0.1, 0.15) is 0 Å². The minimum absolute atomic E-state index is 0.0927. The van der Waals surface area contributed by atoms with Gasteiger partial charge in [0.05, 0.1) is 12.8 Å². The van der Waals surface area contributed by atoms with E-state index < -0.39 is 18.1 Å². The van der Waals surface area contributed by atoms with Crippen molar-refractivity contribution in [3.63, 3.8) is 0 Å². The monoisotopic (exact) mass is 330 g/mol. The summed E-state index contributed by atoms with van der Waals surface area (Å²) in [6.45, 7) is 2.63. The summed E-state index contributed by atoms with van der Waals surface area (Å²) in [4.78, 5) is 30.9. The van der Waals surface area contributed by atoms with E-state index in [4.69, 9.17) is 5.11 Å². The van der Waals surface area contributed by atoms with E-state index in [0.29, 0.717) is 6.61 Å². The Kier molecular flexibility index (Phi) is 14.5. The van der Waals surface area contributed by atoms with Crippen LogP contribution in [0.5, 0.6) is 0 Å². The molecule has 0 atom stereocenters. The van der Waals surface area contributed by atoms with Gasteiger partial charge in [0.2, 0.25) is 0 Å². The summed E-state index contributed by atoms with van der Waals surface area (Å²) in [6, 6.07) is 0. The van der Waals surface area contributed by atoms with E-state index >= 15 is 0 Å². The standard InChI is InChI=1S/C12H26O.C5H4O5/c1-2-3-4-5-6-7-8-9-10-11-12-13;6-3-1-2-4(7)10-5(8)9-3/h13H,2-12H2,1H3;1-2H2. The predicted octanol–water partition coefficient (Wildman–Crippen LogP) is 3.89. The molecule has 6 nitrogen and oxygen atoms in total. The zero-order valence-corrected chi connectivity index (χ0v) is 14.2. The first kappa shape index (κ1) is 21.6. The van der Waals surface area contributed by atoms with Gasteiger partial charge in [-0.25, -0.2) is 4.79 Å². The van der Waals surface area contributed by atoms with Gasteiger partial charge < -0.3 is 14.6 Å². The lowest BCUT2D eigenvalue weighted by Gasteiger charge is -2.00. The molecule has 0 amide bonds. The molecular formula is C17H30O6. The van der Waals surface area contributed by atoms with Crippen LogP contribution in [0.2, 0.25) is 0 Å². The Labute approximate surface area is 138 Å². The van der Waals surface area contributed by atoms with Crippen molar-refractivity contribution in [2.45, 2.75) is 84.0 Å². The number of hydrogen-bond donors (Lipinski definition) is 1. The minimum Gasteiger partial charge on any atom is -0.396 e. The van der Waals surface area contributed by atoms with E-state index in [2.05, 4.69) is 16.4 Å². The van der Waals surface area contributed by atoms with Crippen molar-refractivity contribution in [3.8, 4) is 0 Å². The van der Waals surface area contributed by atoms with Gasteiger partial charge in [0.25, 0.3) is 0 Å². The van der Waals surface area contributed by atoms with Gasteiger partial charge in [-0.05, 0) is 6.42 Å². The molecule has 1 heterocycles. The Morgan fingerprint density at radius 3 is 1.52 bits per heavy atom. The Balaban J connectivity index is 0.000000433. The average molecular weight is 330 g/mol. The van der Waals surface area contributed by atoms with Crippen LogP contribution in [0.25, 0.3) is 0 Å². The minimum atomic E-state index is -1.23. The molecule has 1 aliphatic rings. The Morgan fingerprint density at radius 2 is 1.13 bits per heavy atom. The van der Waals surface area contributed by atoms with Gasteiger partial charge in [0, 0.05) is 6.61 Å². The van der Waals surface area contributed by atoms with E-state index in [1.165, 1.54) is 57.8 Å². The zero-order chi connectivity index (χ0) is 17.3. The highest BCUT2D eigenvalue weighted by Gasteiger charge is 2.21. The summed E-state index contributed by atoms with van der Waals surface area (Å²) in [5, 5.41) is 8.57. The third-order valence-electron chi connectivity index (χ3n) is 3.44. The predicted molar refractivity (Wildman–Crippen MR) is 85.7 cm³/mol. The highest BCUT2D eigenvalue weighted by atomic mass is 16.8. The van der Waals surface area contributed by atoms with Crippen molar-refractivity contribution < 1.29 is 29.0 Å². The van der Waals surface area contributed by atoms with Gasteiger partial charge in [-0.15, -0.1) is 0 Å². The van der Waals surface area contributed by atoms with E-state index in [9.17, 15) is 14.4 Å². The van der Waals surface area contributed by atoms with Crippen LogP contribution in [0.3, 0.4) is 0 Å². The molecule has 1 aliphatic heterocycles. The molecule has 1 fully saturated rings. The second-order valence-corrected chi connectivity index (χ2v) is 5.60. The average Bonchev–Trinajstić information content (AvgIpc) is 2.66. The lowest BCUT2D eigenvalue weighted by atomic mass is 10.1. The van der Waals surface area contributed by atoms with Crippen LogP contribution in [0.4, 0.5) is 4.79 Å². The van der Waals surface area contributed by atoms with Crippen molar-refractivity contribution >= 4 is 18.1 Å². The normalized spacial score (nSPS) is 14.4. The van der Waals surface area contributed by atoms with E-state index in [-0.39, 0.29) is 12.8 Å². The first-order chi connectivity index (χ1) is 11.1. The molecule has 0 aromatic rings. The van der Waals surface area contributed by atoms with Crippen molar-refractivity contribution in [1.82, 2.24) is 0 Å². The zero-order valence-electron chi connectivity index (χ0n) is 14.2. The number of esters is 2. The van der Waals surface area contributed by atoms with Gasteiger partial charge in [-0.3, -0.25) is 9.59 Å². The number of cyclic esters (lactones) is 4. The fourth-order valence-electron chi connectivity index (χ4n) is 2.11. The number of carbonyl (C=O) groups excluding carboxylic acids is 3. The second-order valence-electron chi connectivity index (χ2n) is 5.60. The number of aliphatic hydroxyl groups excluding tert-OH is 1. The van der Waals surface area contributed by atoms with Gasteiger partial charge in [-0.2, -0.15) is 0 Å². The maximum absolute atomic E-state index is 10.4. The molecule has 0 aromatic heterocycles. The third kappa shape index (κ3) is 15.2.